The van der Waals surface area contributed by atoms with Crippen LogP contribution in [0.1, 0.15) is 42.3 Å². The fourth-order valence-electron chi connectivity index (χ4n) is 3.44. The van der Waals surface area contributed by atoms with Crippen LogP contribution in [0.5, 0.6) is 0 Å². The number of amides is 1. The molecule has 3 aromatic rings. The highest BCUT2D eigenvalue weighted by atomic mass is 16.5. The van der Waals surface area contributed by atoms with Gasteiger partial charge in [0.1, 0.15) is 11.6 Å². The van der Waals surface area contributed by atoms with Gasteiger partial charge in [0.15, 0.2) is 5.69 Å². The van der Waals surface area contributed by atoms with Crippen LogP contribution in [-0.4, -0.2) is 27.2 Å². The highest BCUT2D eigenvalue weighted by Crippen LogP contribution is 2.21. The molecular weight excluding hydrogens is 398 g/mol. The van der Waals surface area contributed by atoms with Crippen LogP contribution in [0.25, 0.3) is 0 Å². The van der Waals surface area contributed by atoms with Gasteiger partial charge in [0, 0.05) is 12.1 Å². The standard InChI is InChI=1S/C22H27N5O4/c1-4-5-11-26(18(28)12-17-14(2)25-31-15(17)3)19-20(23)27(22(30)24-21(19)29)13-16-9-7-6-8-10-16/h6-10H,4-5,11-13,23H2,1-3H3,(H,24,29,30). The van der Waals surface area contributed by atoms with Crippen LogP contribution in [0, 0.1) is 13.8 Å². The van der Waals surface area contributed by atoms with Crippen LogP contribution in [0.3, 0.4) is 0 Å². The van der Waals surface area contributed by atoms with E-state index < -0.39 is 11.2 Å². The number of H-pyrrole nitrogens is 1. The maximum absolute atomic E-state index is 13.2. The van der Waals surface area contributed by atoms with Crippen LogP contribution in [0.15, 0.2) is 44.4 Å². The molecule has 0 radical (unpaired) electrons. The molecular formula is C22H27N5O4. The van der Waals surface area contributed by atoms with Gasteiger partial charge in [0.25, 0.3) is 5.56 Å². The first-order valence-electron chi connectivity index (χ1n) is 10.2. The third kappa shape index (κ3) is 4.76. The maximum Gasteiger partial charge on any atom is 0.330 e. The molecule has 0 spiro atoms. The summed E-state index contributed by atoms with van der Waals surface area (Å²) < 4.78 is 6.42. The monoisotopic (exact) mass is 425 g/mol. The first kappa shape index (κ1) is 22.1. The minimum atomic E-state index is -0.685. The van der Waals surface area contributed by atoms with Crippen molar-refractivity contribution in [2.24, 2.45) is 0 Å². The number of unbranched alkanes of at least 4 members (excludes halogenated alkanes) is 1. The van der Waals surface area contributed by atoms with Gasteiger partial charge in [-0.15, -0.1) is 0 Å². The van der Waals surface area contributed by atoms with E-state index >= 15 is 0 Å². The highest BCUT2D eigenvalue weighted by Gasteiger charge is 2.26. The third-order valence-corrected chi connectivity index (χ3v) is 5.21. The predicted molar refractivity (Wildman–Crippen MR) is 118 cm³/mol. The number of rotatable bonds is 8. The molecule has 9 heteroatoms. The van der Waals surface area contributed by atoms with Crippen LogP contribution in [-0.2, 0) is 17.8 Å². The first-order valence-corrected chi connectivity index (χ1v) is 10.2. The van der Waals surface area contributed by atoms with Gasteiger partial charge in [-0.1, -0.05) is 48.8 Å². The van der Waals surface area contributed by atoms with E-state index in [1.54, 1.807) is 13.8 Å². The van der Waals surface area contributed by atoms with Crippen molar-refractivity contribution >= 4 is 17.4 Å². The maximum atomic E-state index is 13.2. The Labute approximate surface area is 179 Å². The number of nitrogens with zero attached hydrogens (tertiary/aromatic N) is 3. The quantitative estimate of drug-likeness (QED) is 0.569. The lowest BCUT2D eigenvalue weighted by atomic mass is 10.1. The molecule has 31 heavy (non-hydrogen) atoms. The summed E-state index contributed by atoms with van der Waals surface area (Å²) in [4.78, 5) is 42.1. The SMILES string of the molecule is CCCCN(C(=O)Cc1c(C)noc1C)c1c(N)n(Cc2ccccc2)c(=O)[nH]c1=O. The van der Waals surface area contributed by atoms with Crippen LogP contribution in [0.2, 0.25) is 0 Å². The normalized spacial score (nSPS) is 10.9. The van der Waals surface area contributed by atoms with E-state index in [2.05, 4.69) is 10.1 Å². The van der Waals surface area contributed by atoms with Crippen molar-refractivity contribution in [2.45, 2.75) is 46.6 Å². The van der Waals surface area contributed by atoms with E-state index in [9.17, 15) is 14.4 Å². The summed E-state index contributed by atoms with van der Waals surface area (Å²) in [6.07, 6.45) is 1.50. The lowest BCUT2D eigenvalue weighted by Gasteiger charge is -2.24. The Morgan fingerprint density at radius 3 is 2.55 bits per heavy atom. The van der Waals surface area contributed by atoms with E-state index in [-0.39, 0.29) is 30.4 Å². The molecule has 0 aliphatic carbocycles. The average Bonchev–Trinajstić information content (AvgIpc) is 3.06. The molecule has 2 aromatic heterocycles. The fourth-order valence-corrected chi connectivity index (χ4v) is 3.44. The number of nitrogen functional groups attached to an aromatic ring is 1. The number of aromatic nitrogens is 3. The van der Waals surface area contributed by atoms with Crippen molar-refractivity contribution in [2.75, 3.05) is 17.2 Å². The van der Waals surface area contributed by atoms with Gasteiger partial charge in [-0.3, -0.25) is 19.1 Å². The summed E-state index contributed by atoms with van der Waals surface area (Å²) in [5.41, 5.74) is 7.12. The molecule has 0 atom stereocenters. The Morgan fingerprint density at radius 1 is 1.23 bits per heavy atom. The van der Waals surface area contributed by atoms with Crippen molar-refractivity contribution in [1.29, 1.82) is 0 Å². The van der Waals surface area contributed by atoms with E-state index in [1.807, 2.05) is 37.3 Å². The number of hydrogen-bond donors (Lipinski definition) is 2. The Kier molecular flexibility index (Phi) is 6.74. The number of nitrogens with one attached hydrogen (secondary N) is 1. The lowest BCUT2D eigenvalue weighted by Crippen LogP contribution is -2.42. The van der Waals surface area contributed by atoms with E-state index in [1.165, 1.54) is 9.47 Å². The summed E-state index contributed by atoms with van der Waals surface area (Å²) in [6.45, 7) is 5.96. The molecule has 0 saturated carbocycles. The Balaban J connectivity index is 2.04. The van der Waals surface area contributed by atoms with Crippen LogP contribution in [0.4, 0.5) is 11.5 Å². The van der Waals surface area contributed by atoms with E-state index in [4.69, 9.17) is 10.3 Å². The number of benzene rings is 1. The Hall–Kier alpha value is -3.62. The first-order chi connectivity index (χ1) is 14.8. The zero-order chi connectivity index (χ0) is 22.5. The number of aromatic amines is 1. The highest BCUT2D eigenvalue weighted by molar-refractivity contribution is 5.97. The average molecular weight is 425 g/mol. The molecule has 2 heterocycles. The zero-order valence-electron chi connectivity index (χ0n) is 18.0. The molecule has 3 N–H and O–H groups in total. The van der Waals surface area contributed by atoms with Gasteiger partial charge in [0.05, 0.1) is 18.7 Å². The van der Waals surface area contributed by atoms with Crippen molar-refractivity contribution < 1.29 is 9.32 Å². The molecule has 3 rings (SSSR count). The van der Waals surface area contributed by atoms with Gasteiger partial charge in [-0.25, -0.2) is 4.79 Å². The van der Waals surface area contributed by atoms with Crippen LogP contribution >= 0.6 is 0 Å². The van der Waals surface area contributed by atoms with Gasteiger partial charge < -0.3 is 15.2 Å². The zero-order valence-corrected chi connectivity index (χ0v) is 18.0. The number of carbonyl (C=O) groups excluding carboxylic acids is 1. The number of carbonyl (C=O) groups is 1. The predicted octanol–water partition coefficient (Wildman–Crippen LogP) is 2.15. The number of nitrogens with two attached hydrogens (primary N) is 1. The second kappa shape index (κ2) is 9.46. The summed E-state index contributed by atoms with van der Waals surface area (Å²) in [5.74, 6) is 0.197. The van der Waals surface area contributed by atoms with E-state index in [0.29, 0.717) is 30.0 Å². The van der Waals surface area contributed by atoms with Crippen molar-refractivity contribution in [3.05, 3.63) is 73.8 Å². The van der Waals surface area contributed by atoms with Crippen molar-refractivity contribution in [3.8, 4) is 0 Å². The van der Waals surface area contributed by atoms with Gasteiger partial charge in [0.2, 0.25) is 5.91 Å². The van der Waals surface area contributed by atoms with Crippen molar-refractivity contribution in [1.82, 2.24) is 14.7 Å². The number of anilines is 2. The molecule has 164 valence electrons. The van der Waals surface area contributed by atoms with Gasteiger partial charge in [-0.2, -0.15) is 0 Å². The summed E-state index contributed by atoms with van der Waals surface area (Å²) in [6, 6.07) is 9.28. The van der Waals surface area contributed by atoms with E-state index in [0.717, 1.165) is 12.0 Å². The molecule has 0 bridgehead atoms. The van der Waals surface area contributed by atoms with Crippen molar-refractivity contribution in [3.63, 3.8) is 0 Å². The third-order valence-electron chi connectivity index (χ3n) is 5.21. The smallest absolute Gasteiger partial charge is 0.330 e. The minimum absolute atomic E-state index is 0.0132. The topological polar surface area (TPSA) is 127 Å². The van der Waals surface area contributed by atoms with Crippen LogP contribution < -0.4 is 21.9 Å². The molecule has 9 nitrogen and oxygen atoms in total. The second-order valence-corrected chi connectivity index (χ2v) is 7.44. The summed E-state index contributed by atoms with van der Waals surface area (Å²) in [7, 11) is 0. The molecule has 0 saturated heterocycles. The molecule has 0 aliphatic heterocycles. The fraction of sp³-hybridized carbons (Fsp3) is 0.364. The van der Waals surface area contributed by atoms with Gasteiger partial charge in [-0.05, 0) is 25.8 Å². The van der Waals surface area contributed by atoms with Gasteiger partial charge >= 0.3 is 5.69 Å². The number of aryl methyl sites for hydroxylation is 2. The number of hydrogen-bond acceptors (Lipinski definition) is 6. The lowest BCUT2D eigenvalue weighted by molar-refractivity contribution is -0.118. The minimum Gasteiger partial charge on any atom is -0.383 e. The molecule has 1 amide bonds. The summed E-state index contributed by atoms with van der Waals surface area (Å²) >= 11 is 0. The molecule has 0 unspecified atom stereocenters. The molecule has 0 aliphatic rings. The molecule has 0 fully saturated rings. The summed E-state index contributed by atoms with van der Waals surface area (Å²) in [5, 5.41) is 3.89. The second-order valence-electron chi connectivity index (χ2n) is 7.44. The Bertz CT molecular complexity index is 1160. The largest absolute Gasteiger partial charge is 0.383 e. The Morgan fingerprint density at radius 2 is 1.94 bits per heavy atom. The molecule has 1 aromatic carbocycles.